The first-order chi connectivity index (χ1) is 4.88. The zero-order valence-electron chi connectivity index (χ0n) is 6.51. The van der Waals surface area contributed by atoms with Crippen molar-refractivity contribution in [3.8, 4) is 0 Å². The number of amidine groups is 1. The largest absolute Gasteiger partial charge is 0.358 e. The van der Waals surface area contributed by atoms with Gasteiger partial charge in [-0.25, -0.2) is 0 Å². The standard InChI is InChI=1S/C8H14N2/c1-7-3-4-8-9-5-2-6-10(7)8/h7H,2-6H2,1H3. The number of rotatable bonds is 0. The Morgan fingerprint density at radius 3 is 3.30 bits per heavy atom. The van der Waals surface area contributed by atoms with Crippen molar-refractivity contribution in [3.05, 3.63) is 0 Å². The molecule has 1 saturated heterocycles. The molecule has 0 amide bonds. The maximum Gasteiger partial charge on any atom is 0.0992 e. The minimum absolute atomic E-state index is 0.763. The van der Waals surface area contributed by atoms with Gasteiger partial charge in [0.05, 0.1) is 5.84 Å². The molecule has 0 radical (unpaired) electrons. The number of hydrogen-bond donors (Lipinski definition) is 0. The first kappa shape index (κ1) is 6.20. The third kappa shape index (κ3) is 0.825. The van der Waals surface area contributed by atoms with E-state index in [-0.39, 0.29) is 0 Å². The lowest BCUT2D eigenvalue weighted by molar-refractivity contribution is 0.342. The maximum absolute atomic E-state index is 4.48. The van der Waals surface area contributed by atoms with Crippen molar-refractivity contribution in [1.82, 2.24) is 4.90 Å². The van der Waals surface area contributed by atoms with Gasteiger partial charge >= 0.3 is 0 Å². The molecule has 2 heteroatoms. The van der Waals surface area contributed by atoms with Crippen molar-refractivity contribution in [2.24, 2.45) is 4.99 Å². The lowest BCUT2D eigenvalue weighted by Crippen LogP contribution is -2.35. The summed E-state index contributed by atoms with van der Waals surface area (Å²) >= 11 is 0. The molecule has 2 nitrogen and oxygen atoms in total. The van der Waals surface area contributed by atoms with Gasteiger partial charge in [-0.2, -0.15) is 0 Å². The summed E-state index contributed by atoms with van der Waals surface area (Å²) in [4.78, 5) is 6.95. The zero-order valence-corrected chi connectivity index (χ0v) is 6.51. The summed E-state index contributed by atoms with van der Waals surface area (Å²) in [5.74, 6) is 1.37. The van der Waals surface area contributed by atoms with Crippen molar-refractivity contribution < 1.29 is 0 Å². The molecule has 10 heavy (non-hydrogen) atoms. The summed E-state index contributed by atoms with van der Waals surface area (Å²) < 4.78 is 0. The van der Waals surface area contributed by atoms with Crippen LogP contribution in [0.2, 0.25) is 0 Å². The predicted octanol–water partition coefficient (Wildman–Crippen LogP) is 1.27. The van der Waals surface area contributed by atoms with E-state index < -0.39 is 0 Å². The van der Waals surface area contributed by atoms with Gasteiger partial charge in [0, 0.05) is 25.6 Å². The molecule has 0 aromatic heterocycles. The van der Waals surface area contributed by atoms with Crippen LogP contribution in [0, 0.1) is 0 Å². The molecule has 2 aliphatic rings. The van der Waals surface area contributed by atoms with Crippen LogP contribution in [-0.2, 0) is 0 Å². The highest BCUT2D eigenvalue weighted by Gasteiger charge is 2.26. The first-order valence-electron chi connectivity index (χ1n) is 4.18. The number of hydrogen-bond acceptors (Lipinski definition) is 2. The summed E-state index contributed by atoms with van der Waals surface area (Å²) in [6, 6.07) is 0.763. The molecule has 1 atom stereocenters. The lowest BCUT2D eigenvalue weighted by atomic mass is 10.2. The average molecular weight is 138 g/mol. The van der Waals surface area contributed by atoms with E-state index in [1.807, 2.05) is 0 Å². The van der Waals surface area contributed by atoms with Crippen molar-refractivity contribution in [2.75, 3.05) is 13.1 Å². The van der Waals surface area contributed by atoms with Gasteiger partial charge in [0.1, 0.15) is 0 Å². The van der Waals surface area contributed by atoms with Gasteiger partial charge in [-0.15, -0.1) is 0 Å². The Bertz CT molecular complexity index is 163. The van der Waals surface area contributed by atoms with Crippen LogP contribution in [0.25, 0.3) is 0 Å². The van der Waals surface area contributed by atoms with Crippen LogP contribution < -0.4 is 0 Å². The Labute approximate surface area is 61.9 Å². The molecule has 0 aromatic rings. The second-order valence-corrected chi connectivity index (χ2v) is 3.23. The Morgan fingerprint density at radius 1 is 1.60 bits per heavy atom. The van der Waals surface area contributed by atoms with Gasteiger partial charge in [0.25, 0.3) is 0 Å². The molecule has 1 fully saturated rings. The fraction of sp³-hybridized carbons (Fsp3) is 0.875. The minimum atomic E-state index is 0.763. The molecular formula is C8H14N2. The lowest BCUT2D eigenvalue weighted by Gasteiger charge is -2.26. The second kappa shape index (κ2) is 2.26. The van der Waals surface area contributed by atoms with Crippen LogP contribution in [0.15, 0.2) is 4.99 Å². The summed E-state index contributed by atoms with van der Waals surface area (Å²) in [5, 5.41) is 0. The molecule has 2 rings (SSSR count). The molecule has 2 heterocycles. The number of nitrogens with zero attached hydrogens (tertiary/aromatic N) is 2. The van der Waals surface area contributed by atoms with Crippen LogP contribution in [0.1, 0.15) is 26.2 Å². The molecule has 0 aromatic carbocycles. The van der Waals surface area contributed by atoms with Gasteiger partial charge in [-0.1, -0.05) is 0 Å². The fourth-order valence-corrected chi connectivity index (χ4v) is 1.86. The SMILES string of the molecule is CC1CCC2=NCCCN21. The zero-order chi connectivity index (χ0) is 6.97. The highest BCUT2D eigenvalue weighted by atomic mass is 15.2. The minimum Gasteiger partial charge on any atom is -0.358 e. The van der Waals surface area contributed by atoms with Crippen LogP contribution in [0.4, 0.5) is 0 Å². The van der Waals surface area contributed by atoms with E-state index in [4.69, 9.17) is 0 Å². The third-order valence-corrected chi connectivity index (χ3v) is 2.50. The summed E-state index contributed by atoms with van der Waals surface area (Å²) in [6.45, 7) is 4.62. The average Bonchev–Trinajstić information content (AvgIpc) is 2.34. The number of aliphatic imine (C=N–C) groups is 1. The highest BCUT2D eigenvalue weighted by molar-refractivity contribution is 5.85. The predicted molar refractivity (Wildman–Crippen MR) is 42.3 cm³/mol. The molecule has 0 bridgehead atoms. The van der Waals surface area contributed by atoms with Gasteiger partial charge < -0.3 is 4.90 Å². The van der Waals surface area contributed by atoms with E-state index >= 15 is 0 Å². The Morgan fingerprint density at radius 2 is 2.50 bits per heavy atom. The van der Waals surface area contributed by atoms with Gasteiger partial charge in [0.15, 0.2) is 0 Å². The maximum atomic E-state index is 4.48. The van der Waals surface area contributed by atoms with Crippen LogP contribution in [-0.4, -0.2) is 29.9 Å². The Hall–Kier alpha value is -0.530. The van der Waals surface area contributed by atoms with Crippen LogP contribution in [0.5, 0.6) is 0 Å². The third-order valence-electron chi connectivity index (χ3n) is 2.50. The van der Waals surface area contributed by atoms with Gasteiger partial charge in [-0.3, -0.25) is 4.99 Å². The Kier molecular flexibility index (Phi) is 1.40. The molecule has 0 aliphatic carbocycles. The van der Waals surface area contributed by atoms with Crippen molar-refractivity contribution in [1.29, 1.82) is 0 Å². The van der Waals surface area contributed by atoms with Crippen LogP contribution in [0.3, 0.4) is 0 Å². The summed E-state index contributed by atoms with van der Waals surface area (Å²) in [5.41, 5.74) is 0. The topological polar surface area (TPSA) is 15.6 Å². The van der Waals surface area contributed by atoms with Crippen molar-refractivity contribution in [2.45, 2.75) is 32.2 Å². The first-order valence-corrected chi connectivity index (χ1v) is 4.18. The van der Waals surface area contributed by atoms with E-state index in [0.29, 0.717) is 0 Å². The van der Waals surface area contributed by atoms with E-state index in [1.165, 1.54) is 31.6 Å². The number of fused-ring (bicyclic) bond motifs is 1. The molecule has 0 N–H and O–H groups in total. The quantitative estimate of drug-likeness (QED) is 0.492. The van der Waals surface area contributed by atoms with Crippen LogP contribution >= 0.6 is 0 Å². The molecule has 56 valence electrons. The van der Waals surface area contributed by atoms with Crippen molar-refractivity contribution in [3.63, 3.8) is 0 Å². The molecule has 0 saturated carbocycles. The van der Waals surface area contributed by atoms with E-state index in [9.17, 15) is 0 Å². The smallest absolute Gasteiger partial charge is 0.0992 e. The summed E-state index contributed by atoms with van der Waals surface area (Å²) in [6.07, 6.45) is 3.80. The summed E-state index contributed by atoms with van der Waals surface area (Å²) in [7, 11) is 0. The van der Waals surface area contributed by atoms with Crippen molar-refractivity contribution >= 4 is 5.84 Å². The second-order valence-electron chi connectivity index (χ2n) is 3.23. The van der Waals surface area contributed by atoms with E-state index in [1.54, 1.807) is 0 Å². The van der Waals surface area contributed by atoms with Gasteiger partial charge in [-0.05, 0) is 19.8 Å². The fourth-order valence-electron chi connectivity index (χ4n) is 1.86. The van der Waals surface area contributed by atoms with E-state index in [0.717, 1.165) is 12.6 Å². The molecule has 0 spiro atoms. The molecular weight excluding hydrogens is 124 g/mol. The molecule has 1 unspecified atom stereocenters. The highest BCUT2D eigenvalue weighted by Crippen LogP contribution is 2.21. The normalized spacial score (nSPS) is 31.9. The van der Waals surface area contributed by atoms with E-state index in [2.05, 4.69) is 16.8 Å². The monoisotopic (exact) mass is 138 g/mol. The Balaban J connectivity index is 2.17. The molecule has 2 aliphatic heterocycles. The van der Waals surface area contributed by atoms with Gasteiger partial charge in [0.2, 0.25) is 0 Å².